The Labute approximate surface area is 150 Å². The molecule has 0 atom stereocenters. The molecule has 0 spiro atoms. The van der Waals surface area contributed by atoms with Gasteiger partial charge in [0.05, 0.1) is 19.3 Å². The number of amides is 2. The van der Waals surface area contributed by atoms with Crippen LogP contribution in [-0.4, -0.2) is 35.2 Å². The van der Waals surface area contributed by atoms with Gasteiger partial charge in [-0.1, -0.05) is 18.2 Å². The van der Waals surface area contributed by atoms with Crippen molar-refractivity contribution < 1.29 is 14.3 Å². The molecule has 3 rings (SSSR count). The summed E-state index contributed by atoms with van der Waals surface area (Å²) in [5.41, 5.74) is 1.34. The second-order valence-corrected chi connectivity index (χ2v) is 5.44. The van der Waals surface area contributed by atoms with E-state index in [0.717, 1.165) is 5.69 Å². The van der Waals surface area contributed by atoms with Gasteiger partial charge >= 0.3 is 0 Å². The van der Waals surface area contributed by atoms with Crippen LogP contribution in [0.5, 0.6) is 5.75 Å². The van der Waals surface area contributed by atoms with Crippen molar-refractivity contribution in [2.75, 3.05) is 19.0 Å². The number of nitrogens with one attached hydrogen (secondary N) is 2. The number of benzene rings is 2. The van der Waals surface area contributed by atoms with E-state index >= 15 is 0 Å². The molecule has 0 radical (unpaired) electrons. The summed E-state index contributed by atoms with van der Waals surface area (Å²) in [6.45, 7) is -0.150. The van der Waals surface area contributed by atoms with Crippen LogP contribution in [0.3, 0.4) is 0 Å². The third-order valence-corrected chi connectivity index (χ3v) is 3.64. The number of carbonyl (C=O) groups is 2. The summed E-state index contributed by atoms with van der Waals surface area (Å²) in [6.07, 6.45) is 1.75. The van der Waals surface area contributed by atoms with Crippen LogP contribution >= 0.6 is 0 Å². The Bertz CT molecular complexity index is 889. The molecule has 2 N–H and O–H groups in total. The highest BCUT2D eigenvalue weighted by Gasteiger charge is 2.10. The summed E-state index contributed by atoms with van der Waals surface area (Å²) in [5.74, 6) is 0.383. The minimum atomic E-state index is -0.356. The van der Waals surface area contributed by atoms with Crippen molar-refractivity contribution in [3.8, 4) is 11.4 Å². The molecular weight excluding hydrogens is 332 g/mol. The Hall–Kier alpha value is -3.61. The Kier molecular flexibility index (Phi) is 5.28. The molecule has 0 saturated carbocycles. The van der Waals surface area contributed by atoms with Crippen LogP contribution in [0, 0.1) is 0 Å². The van der Waals surface area contributed by atoms with Crippen LogP contribution in [0.25, 0.3) is 5.69 Å². The lowest BCUT2D eigenvalue weighted by Crippen LogP contribution is -2.32. The topological polar surface area (TPSA) is 85.2 Å². The second kappa shape index (κ2) is 7.98. The largest absolute Gasteiger partial charge is 0.497 e. The average molecular weight is 350 g/mol. The van der Waals surface area contributed by atoms with Crippen LogP contribution in [-0.2, 0) is 4.79 Å². The molecule has 0 aliphatic rings. The number of rotatable bonds is 6. The van der Waals surface area contributed by atoms with Gasteiger partial charge in [-0.05, 0) is 36.4 Å². The van der Waals surface area contributed by atoms with Crippen LogP contribution < -0.4 is 15.4 Å². The monoisotopic (exact) mass is 350 g/mol. The van der Waals surface area contributed by atoms with Crippen molar-refractivity contribution in [3.63, 3.8) is 0 Å². The maximum atomic E-state index is 12.0. The van der Waals surface area contributed by atoms with E-state index in [-0.39, 0.29) is 18.4 Å². The Balaban J connectivity index is 1.52. The second-order valence-electron chi connectivity index (χ2n) is 5.44. The normalized spacial score (nSPS) is 10.2. The summed E-state index contributed by atoms with van der Waals surface area (Å²) in [6, 6.07) is 17.9. The molecule has 2 amide bonds. The molecule has 7 nitrogen and oxygen atoms in total. The number of aromatic nitrogens is 2. The molecule has 7 heteroatoms. The van der Waals surface area contributed by atoms with Gasteiger partial charge in [0.1, 0.15) is 5.75 Å². The Morgan fingerprint density at radius 3 is 2.46 bits per heavy atom. The molecule has 132 valence electrons. The third kappa shape index (κ3) is 4.27. The highest BCUT2D eigenvalue weighted by atomic mass is 16.5. The number of methoxy groups -OCH3 is 1. The van der Waals surface area contributed by atoms with Crippen LogP contribution in [0.2, 0.25) is 0 Å². The van der Waals surface area contributed by atoms with Gasteiger partial charge in [0.25, 0.3) is 5.91 Å². The van der Waals surface area contributed by atoms with Crippen molar-refractivity contribution in [3.05, 3.63) is 72.4 Å². The van der Waals surface area contributed by atoms with Crippen molar-refractivity contribution in [2.45, 2.75) is 0 Å². The highest BCUT2D eigenvalue weighted by Crippen LogP contribution is 2.11. The fourth-order valence-corrected chi connectivity index (χ4v) is 2.31. The number of nitrogens with zero attached hydrogens (tertiary/aromatic N) is 2. The molecule has 0 unspecified atom stereocenters. The van der Waals surface area contributed by atoms with Crippen molar-refractivity contribution >= 4 is 17.6 Å². The third-order valence-electron chi connectivity index (χ3n) is 3.64. The van der Waals surface area contributed by atoms with E-state index in [1.807, 2.05) is 30.3 Å². The van der Waals surface area contributed by atoms with Gasteiger partial charge < -0.3 is 15.4 Å². The Morgan fingerprint density at radius 2 is 1.77 bits per heavy atom. The number of anilines is 1. The summed E-state index contributed by atoms with van der Waals surface area (Å²) in [4.78, 5) is 24.0. The van der Waals surface area contributed by atoms with Gasteiger partial charge in [-0.15, -0.1) is 0 Å². The molecule has 0 saturated heterocycles. The first-order valence-corrected chi connectivity index (χ1v) is 7.99. The molecular formula is C19H18N4O3. The minimum Gasteiger partial charge on any atom is -0.497 e. The predicted molar refractivity (Wildman–Crippen MR) is 97.5 cm³/mol. The van der Waals surface area contributed by atoms with E-state index in [9.17, 15) is 9.59 Å². The van der Waals surface area contributed by atoms with Crippen molar-refractivity contribution in [1.29, 1.82) is 0 Å². The van der Waals surface area contributed by atoms with Gasteiger partial charge in [-0.3, -0.25) is 9.59 Å². The smallest absolute Gasteiger partial charge is 0.251 e. The average Bonchev–Trinajstić information content (AvgIpc) is 3.15. The first kappa shape index (κ1) is 17.2. The fourth-order valence-electron chi connectivity index (χ4n) is 2.31. The lowest BCUT2D eigenvalue weighted by molar-refractivity contribution is -0.115. The van der Waals surface area contributed by atoms with Crippen LogP contribution in [0.1, 0.15) is 10.4 Å². The number of carbonyl (C=O) groups excluding carboxylic acids is 2. The maximum Gasteiger partial charge on any atom is 0.251 e. The molecule has 2 aromatic carbocycles. The zero-order valence-corrected chi connectivity index (χ0v) is 14.2. The molecule has 0 aliphatic carbocycles. The molecule has 1 aromatic heterocycles. The maximum absolute atomic E-state index is 12.0. The van der Waals surface area contributed by atoms with E-state index in [1.54, 1.807) is 48.3 Å². The number of ether oxygens (including phenoxy) is 1. The van der Waals surface area contributed by atoms with Gasteiger partial charge in [0.15, 0.2) is 5.82 Å². The quantitative estimate of drug-likeness (QED) is 0.714. The Morgan fingerprint density at radius 1 is 1.04 bits per heavy atom. The van der Waals surface area contributed by atoms with E-state index in [0.29, 0.717) is 17.1 Å². The highest BCUT2D eigenvalue weighted by molar-refractivity contribution is 5.99. The molecule has 3 aromatic rings. The fraction of sp³-hybridized carbons (Fsp3) is 0.105. The van der Waals surface area contributed by atoms with Gasteiger partial charge in [-0.25, -0.2) is 4.68 Å². The van der Waals surface area contributed by atoms with E-state index in [4.69, 9.17) is 4.74 Å². The van der Waals surface area contributed by atoms with E-state index in [1.165, 1.54) is 0 Å². The predicted octanol–water partition coefficient (Wildman–Crippen LogP) is 2.25. The van der Waals surface area contributed by atoms with E-state index in [2.05, 4.69) is 15.7 Å². The van der Waals surface area contributed by atoms with Crippen LogP contribution in [0.4, 0.5) is 5.82 Å². The minimum absolute atomic E-state index is 0.150. The standard InChI is InChI=1S/C19H18N4O3/c1-26-16-9-7-14(8-10-16)19(25)20-13-18(24)21-17-11-12-23(22-17)15-5-3-2-4-6-15/h2-12H,13H2,1H3,(H,20,25)(H,21,22,24). The van der Waals surface area contributed by atoms with Gasteiger partial charge in [0, 0.05) is 17.8 Å². The van der Waals surface area contributed by atoms with Crippen molar-refractivity contribution in [1.82, 2.24) is 15.1 Å². The SMILES string of the molecule is COc1ccc(C(=O)NCC(=O)Nc2ccn(-c3ccccc3)n2)cc1. The summed E-state index contributed by atoms with van der Waals surface area (Å²) in [5, 5.41) is 9.50. The summed E-state index contributed by atoms with van der Waals surface area (Å²) in [7, 11) is 1.55. The zero-order valence-electron chi connectivity index (χ0n) is 14.2. The first-order valence-electron chi connectivity index (χ1n) is 7.99. The van der Waals surface area contributed by atoms with Crippen LogP contribution in [0.15, 0.2) is 66.9 Å². The molecule has 0 aliphatic heterocycles. The summed E-state index contributed by atoms with van der Waals surface area (Å²) < 4.78 is 6.70. The van der Waals surface area contributed by atoms with E-state index < -0.39 is 0 Å². The number of para-hydroxylation sites is 1. The molecule has 1 heterocycles. The van der Waals surface area contributed by atoms with Gasteiger partial charge in [0.2, 0.25) is 5.91 Å². The van der Waals surface area contributed by atoms with Gasteiger partial charge in [-0.2, -0.15) is 5.10 Å². The number of hydrogen-bond acceptors (Lipinski definition) is 4. The summed E-state index contributed by atoms with van der Waals surface area (Å²) >= 11 is 0. The lowest BCUT2D eigenvalue weighted by Gasteiger charge is -2.06. The van der Waals surface area contributed by atoms with Crippen molar-refractivity contribution in [2.24, 2.45) is 0 Å². The lowest BCUT2D eigenvalue weighted by atomic mass is 10.2. The molecule has 26 heavy (non-hydrogen) atoms. The first-order chi connectivity index (χ1) is 12.7. The molecule has 0 bridgehead atoms. The zero-order chi connectivity index (χ0) is 18.4. The molecule has 0 fully saturated rings. The number of hydrogen-bond donors (Lipinski definition) is 2.